The van der Waals surface area contributed by atoms with E-state index >= 15 is 0 Å². The molecule has 2 heterocycles. The third-order valence-electron chi connectivity index (χ3n) is 5.31. The topological polar surface area (TPSA) is 115 Å². The first-order valence-electron chi connectivity index (χ1n) is 11.0. The molecule has 0 N–H and O–H groups in total. The maximum atomic E-state index is 13.2. The van der Waals surface area contributed by atoms with Crippen molar-refractivity contribution >= 4 is 11.6 Å². The maximum Gasteiger partial charge on any atom is 0.243 e. The van der Waals surface area contributed by atoms with Crippen LogP contribution in [0, 0.1) is 12.7 Å². The van der Waals surface area contributed by atoms with Crippen LogP contribution in [-0.2, 0) is 6.42 Å². The van der Waals surface area contributed by atoms with Crippen molar-refractivity contribution in [2.24, 2.45) is 5.11 Å². The average Bonchev–Trinajstić information content (AvgIpc) is 3.51. The van der Waals surface area contributed by atoms with E-state index in [0.29, 0.717) is 43.3 Å². The van der Waals surface area contributed by atoms with Crippen LogP contribution in [0.4, 0.5) is 4.39 Å². The number of aromatic nitrogens is 4. The van der Waals surface area contributed by atoms with E-state index in [-0.39, 0.29) is 5.82 Å². The van der Waals surface area contributed by atoms with E-state index in [1.54, 1.807) is 25.6 Å². The van der Waals surface area contributed by atoms with Gasteiger partial charge in [-0.05, 0) is 66.8 Å². The van der Waals surface area contributed by atoms with E-state index in [4.69, 9.17) is 14.7 Å². The molecule has 0 aliphatic carbocycles. The predicted molar refractivity (Wildman–Crippen MR) is 129 cm³/mol. The zero-order valence-electron chi connectivity index (χ0n) is 19.4. The van der Waals surface area contributed by atoms with E-state index < -0.39 is 0 Å². The molecule has 4 aromatic rings. The molecule has 2 aromatic carbocycles. The largest absolute Gasteiger partial charge is 0.495 e. The number of ether oxygens (including phenoxy) is 1. The summed E-state index contributed by atoms with van der Waals surface area (Å²) in [6, 6.07) is 12.0. The Morgan fingerprint density at radius 1 is 1.23 bits per heavy atom. The Morgan fingerprint density at radius 2 is 2.06 bits per heavy atom. The quantitative estimate of drug-likeness (QED) is 0.122. The number of rotatable bonds is 10. The zero-order valence-corrected chi connectivity index (χ0v) is 19.4. The minimum Gasteiger partial charge on any atom is -0.495 e. The third-order valence-corrected chi connectivity index (χ3v) is 5.31. The van der Waals surface area contributed by atoms with Crippen molar-refractivity contribution in [2.45, 2.75) is 26.2 Å². The summed E-state index contributed by atoms with van der Waals surface area (Å²) in [7, 11) is 1.62. The number of hydrogen-bond donors (Lipinski definition) is 0. The second-order valence-electron chi connectivity index (χ2n) is 7.89. The molecule has 0 amide bonds. The summed E-state index contributed by atoms with van der Waals surface area (Å²) >= 11 is 0. The molecule has 0 aliphatic rings. The van der Waals surface area contributed by atoms with Gasteiger partial charge in [0.1, 0.15) is 11.6 Å². The monoisotopic (exact) mass is 473 g/mol. The lowest BCUT2D eigenvalue weighted by Gasteiger charge is -2.10. The molecule has 0 saturated carbocycles. The van der Waals surface area contributed by atoms with Gasteiger partial charge in [-0.15, -0.1) is 10.2 Å². The second-order valence-corrected chi connectivity index (χ2v) is 7.89. The van der Waals surface area contributed by atoms with Gasteiger partial charge < -0.3 is 13.7 Å². The fraction of sp³-hybridized carbons (Fsp3) is 0.240. The summed E-state index contributed by atoms with van der Waals surface area (Å²) in [4.78, 5) is 7.09. The molecule has 0 fully saturated rings. The van der Waals surface area contributed by atoms with Crippen molar-refractivity contribution in [1.29, 1.82) is 0 Å². The van der Waals surface area contributed by atoms with Crippen LogP contribution >= 0.6 is 0 Å². The van der Waals surface area contributed by atoms with Crippen LogP contribution in [0.1, 0.15) is 41.4 Å². The fourth-order valence-electron chi connectivity index (χ4n) is 3.61. The SMILES string of the molecule is COc1cc(/C=C(\CCCN=[N+]=[N-])c2nnc(Cc3ccc(F)cc3)o2)ccc1-n1cnc(C)c1. The Kier molecular flexibility index (Phi) is 7.54. The van der Waals surface area contributed by atoms with Crippen molar-refractivity contribution < 1.29 is 13.5 Å². The number of azide groups is 1. The summed E-state index contributed by atoms with van der Waals surface area (Å²) in [5.74, 6) is 1.20. The van der Waals surface area contributed by atoms with Crippen LogP contribution in [0.2, 0.25) is 0 Å². The molecule has 0 saturated heterocycles. The van der Waals surface area contributed by atoms with E-state index in [1.165, 1.54) is 12.1 Å². The fourth-order valence-corrected chi connectivity index (χ4v) is 3.61. The molecule has 4 rings (SSSR count). The Morgan fingerprint density at radius 3 is 2.77 bits per heavy atom. The first kappa shape index (κ1) is 23.7. The molecule has 10 heteroatoms. The van der Waals surface area contributed by atoms with Gasteiger partial charge in [0.25, 0.3) is 0 Å². The van der Waals surface area contributed by atoms with Crippen LogP contribution in [-0.4, -0.2) is 33.4 Å². The highest BCUT2D eigenvalue weighted by atomic mass is 19.1. The first-order chi connectivity index (χ1) is 17.1. The molecule has 0 bridgehead atoms. The average molecular weight is 474 g/mol. The molecule has 0 spiro atoms. The Hall–Kier alpha value is -4.43. The summed E-state index contributed by atoms with van der Waals surface area (Å²) in [5, 5.41) is 12.0. The van der Waals surface area contributed by atoms with Gasteiger partial charge in [0.15, 0.2) is 0 Å². The molecule has 0 aliphatic heterocycles. The summed E-state index contributed by atoms with van der Waals surface area (Å²) in [5.41, 5.74) is 12.9. The van der Waals surface area contributed by atoms with E-state index in [0.717, 1.165) is 28.1 Å². The van der Waals surface area contributed by atoms with Crippen molar-refractivity contribution in [3.63, 3.8) is 0 Å². The molecule has 9 nitrogen and oxygen atoms in total. The standard InChI is InChI=1S/C25H24FN7O2/c1-17-15-33(16-28-17)22-10-7-19(13-23(22)34-2)12-20(4-3-11-29-32-27)25-31-30-24(35-25)14-18-5-8-21(26)9-6-18/h5-10,12-13,15-16H,3-4,11,14H2,1-2H3/b20-12+. The molecule has 0 radical (unpaired) electrons. The van der Waals surface area contributed by atoms with Gasteiger partial charge in [-0.1, -0.05) is 23.3 Å². The van der Waals surface area contributed by atoms with Crippen molar-refractivity contribution in [3.05, 3.63) is 99.9 Å². The number of nitrogens with zero attached hydrogens (tertiary/aromatic N) is 7. The normalized spacial score (nSPS) is 11.3. The predicted octanol–water partition coefficient (Wildman–Crippen LogP) is 5.93. The maximum absolute atomic E-state index is 13.2. The number of imidazole rings is 1. The van der Waals surface area contributed by atoms with Crippen LogP contribution in [0.25, 0.3) is 27.8 Å². The molecule has 0 unspecified atom stereocenters. The number of methoxy groups -OCH3 is 1. The molecule has 178 valence electrons. The summed E-state index contributed by atoms with van der Waals surface area (Å²) in [6.45, 7) is 2.28. The summed E-state index contributed by atoms with van der Waals surface area (Å²) < 4.78 is 26.6. The van der Waals surface area contributed by atoms with Crippen molar-refractivity contribution in [3.8, 4) is 11.4 Å². The van der Waals surface area contributed by atoms with E-state index in [9.17, 15) is 4.39 Å². The number of hydrogen-bond acceptors (Lipinski definition) is 6. The molecule has 0 atom stereocenters. The minimum absolute atomic E-state index is 0.296. The summed E-state index contributed by atoms with van der Waals surface area (Å²) in [6.07, 6.45) is 7.21. The van der Waals surface area contributed by atoms with Crippen LogP contribution in [0.3, 0.4) is 0 Å². The van der Waals surface area contributed by atoms with Gasteiger partial charge in [0, 0.05) is 23.2 Å². The van der Waals surface area contributed by atoms with E-state index in [2.05, 4.69) is 25.2 Å². The molecular formula is C25H24FN7O2. The van der Waals surface area contributed by atoms with Gasteiger partial charge in [0.2, 0.25) is 11.8 Å². The molecular weight excluding hydrogens is 449 g/mol. The number of benzene rings is 2. The zero-order chi connectivity index (χ0) is 24.6. The third kappa shape index (κ3) is 6.13. The van der Waals surface area contributed by atoms with Gasteiger partial charge in [-0.25, -0.2) is 9.37 Å². The highest BCUT2D eigenvalue weighted by Crippen LogP contribution is 2.28. The van der Waals surface area contributed by atoms with Crippen LogP contribution in [0.5, 0.6) is 5.75 Å². The second kappa shape index (κ2) is 11.1. The minimum atomic E-state index is -0.296. The smallest absolute Gasteiger partial charge is 0.243 e. The van der Waals surface area contributed by atoms with E-state index in [1.807, 2.05) is 42.0 Å². The van der Waals surface area contributed by atoms with Gasteiger partial charge in [0.05, 0.1) is 31.2 Å². The lowest BCUT2D eigenvalue weighted by atomic mass is 10.1. The Balaban J connectivity index is 1.62. The highest BCUT2D eigenvalue weighted by molar-refractivity contribution is 5.78. The number of halogens is 1. The lowest BCUT2D eigenvalue weighted by Crippen LogP contribution is -1.96. The van der Waals surface area contributed by atoms with Crippen molar-refractivity contribution in [2.75, 3.05) is 13.7 Å². The van der Waals surface area contributed by atoms with Crippen LogP contribution < -0.4 is 4.74 Å². The number of allylic oxidation sites excluding steroid dienone is 1. The first-order valence-corrected chi connectivity index (χ1v) is 11.0. The van der Waals surface area contributed by atoms with Gasteiger partial charge in [-0.3, -0.25) is 0 Å². The Labute approximate surface area is 201 Å². The van der Waals surface area contributed by atoms with Crippen molar-refractivity contribution in [1.82, 2.24) is 19.7 Å². The van der Waals surface area contributed by atoms with Gasteiger partial charge in [-0.2, -0.15) is 0 Å². The Bertz CT molecular complexity index is 1370. The highest BCUT2D eigenvalue weighted by Gasteiger charge is 2.14. The number of aryl methyl sites for hydroxylation is 1. The van der Waals surface area contributed by atoms with Gasteiger partial charge >= 0.3 is 0 Å². The molecule has 2 aromatic heterocycles. The van der Waals surface area contributed by atoms with Crippen LogP contribution in [0.15, 0.2) is 64.5 Å². The molecule has 35 heavy (non-hydrogen) atoms. The lowest BCUT2D eigenvalue weighted by molar-refractivity contribution is 0.413.